The van der Waals surface area contributed by atoms with Gasteiger partial charge >= 0.3 is 12.2 Å². The van der Waals surface area contributed by atoms with Gasteiger partial charge in [-0.2, -0.15) is 18.3 Å². The number of aromatic nitrogens is 2. The molecule has 1 heterocycles. The van der Waals surface area contributed by atoms with E-state index in [1.54, 1.807) is 0 Å². The van der Waals surface area contributed by atoms with E-state index in [4.69, 9.17) is 0 Å². The topological polar surface area (TPSA) is 102 Å². The molecule has 0 aliphatic carbocycles. The molecule has 3 rings (SSSR count). The normalized spacial score (nSPS) is 11.2. The molecule has 0 fully saturated rings. The molecule has 2 amide bonds. The molecule has 0 saturated carbocycles. The lowest BCUT2D eigenvalue weighted by Crippen LogP contribution is -2.22. The molecule has 0 unspecified atom stereocenters. The summed E-state index contributed by atoms with van der Waals surface area (Å²) >= 11 is 0. The fourth-order valence-electron chi connectivity index (χ4n) is 2.58. The maximum atomic E-state index is 13.6. The van der Waals surface area contributed by atoms with Gasteiger partial charge in [0.15, 0.2) is 5.69 Å². The standard InChI is InChI=1S/C18H13F4N5O3/c1-10-2-3-11(8-14(10)19)24-17(28)25-15-9-23-26(16(15)18(20,21)22)12-4-6-13(7-5-12)27(29)30/h2-9H,1H3,(H2,24,25,28). The highest BCUT2D eigenvalue weighted by atomic mass is 19.4. The van der Waals surface area contributed by atoms with Crippen LogP contribution in [-0.2, 0) is 6.18 Å². The molecule has 0 aliphatic rings. The number of hydrogen-bond donors (Lipinski definition) is 2. The van der Waals surface area contributed by atoms with Gasteiger partial charge in [0.05, 0.1) is 22.5 Å². The molecular weight excluding hydrogens is 410 g/mol. The fourth-order valence-corrected chi connectivity index (χ4v) is 2.58. The van der Waals surface area contributed by atoms with Crippen molar-refractivity contribution in [3.8, 4) is 5.69 Å². The van der Waals surface area contributed by atoms with Crippen molar-refractivity contribution in [1.29, 1.82) is 0 Å². The summed E-state index contributed by atoms with van der Waals surface area (Å²) in [5, 5.41) is 18.6. The first-order valence-electron chi connectivity index (χ1n) is 8.30. The Hall–Kier alpha value is -3.96. The van der Waals surface area contributed by atoms with Gasteiger partial charge in [0.1, 0.15) is 5.82 Å². The van der Waals surface area contributed by atoms with Crippen molar-refractivity contribution in [1.82, 2.24) is 9.78 Å². The smallest absolute Gasteiger partial charge is 0.308 e. The Morgan fingerprint density at radius 3 is 2.37 bits per heavy atom. The Morgan fingerprint density at radius 1 is 1.13 bits per heavy atom. The number of anilines is 2. The van der Waals surface area contributed by atoms with E-state index in [-0.39, 0.29) is 17.1 Å². The molecule has 0 saturated heterocycles. The first kappa shape index (κ1) is 20.8. The summed E-state index contributed by atoms with van der Waals surface area (Å²) in [6.07, 6.45) is -4.11. The summed E-state index contributed by atoms with van der Waals surface area (Å²) in [5.41, 5.74) is -1.95. The van der Waals surface area contributed by atoms with Crippen molar-refractivity contribution in [3.05, 3.63) is 75.9 Å². The number of aryl methyl sites for hydroxylation is 1. The van der Waals surface area contributed by atoms with Crippen LogP contribution in [-0.4, -0.2) is 20.7 Å². The number of non-ortho nitro benzene ring substituents is 1. The van der Waals surface area contributed by atoms with Crippen LogP contribution in [0.3, 0.4) is 0 Å². The van der Waals surface area contributed by atoms with Gasteiger partial charge in [-0.05, 0) is 36.8 Å². The molecule has 156 valence electrons. The number of hydrogen-bond acceptors (Lipinski definition) is 4. The van der Waals surface area contributed by atoms with Crippen molar-refractivity contribution in [3.63, 3.8) is 0 Å². The highest BCUT2D eigenvalue weighted by Crippen LogP contribution is 2.36. The summed E-state index contributed by atoms with van der Waals surface area (Å²) < 4.78 is 54.9. The lowest BCUT2D eigenvalue weighted by atomic mass is 10.2. The van der Waals surface area contributed by atoms with Crippen molar-refractivity contribution in [2.75, 3.05) is 10.6 Å². The Bertz CT molecular complexity index is 1110. The summed E-state index contributed by atoms with van der Waals surface area (Å²) in [6, 6.07) is 7.04. The largest absolute Gasteiger partial charge is 0.435 e. The van der Waals surface area contributed by atoms with E-state index in [2.05, 4.69) is 10.4 Å². The number of nitrogens with one attached hydrogen (secondary N) is 2. The average Bonchev–Trinajstić information content (AvgIpc) is 3.08. The third-order valence-electron chi connectivity index (χ3n) is 4.02. The van der Waals surface area contributed by atoms with Gasteiger partial charge in [-0.25, -0.2) is 13.9 Å². The molecule has 1 aromatic heterocycles. The molecule has 2 N–H and O–H groups in total. The van der Waals surface area contributed by atoms with Crippen LogP contribution in [0.1, 0.15) is 11.3 Å². The monoisotopic (exact) mass is 423 g/mol. The van der Waals surface area contributed by atoms with Crippen LogP contribution in [0, 0.1) is 22.9 Å². The highest BCUT2D eigenvalue weighted by Gasteiger charge is 2.39. The van der Waals surface area contributed by atoms with Gasteiger partial charge in [0, 0.05) is 17.8 Å². The molecule has 30 heavy (non-hydrogen) atoms. The lowest BCUT2D eigenvalue weighted by molar-refractivity contribution is -0.384. The van der Waals surface area contributed by atoms with Crippen LogP contribution in [0.15, 0.2) is 48.7 Å². The lowest BCUT2D eigenvalue weighted by Gasteiger charge is -2.13. The van der Waals surface area contributed by atoms with Crippen molar-refractivity contribution >= 4 is 23.1 Å². The number of nitro groups is 1. The number of nitro benzene ring substituents is 1. The molecule has 0 radical (unpaired) electrons. The third-order valence-corrected chi connectivity index (χ3v) is 4.02. The molecule has 8 nitrogen and oxygen atoms in total. The second-order valence-electron chi connectivity index (χ2n) is 6.13. The first-order chi connectivity index (χ1) is 14.1. The van der Waals surface area contributed by atoms with Gasteiger partial charge in [0.2, 0.25) is 0 Å². The number of benzene rings is 2. The molecule has 0 atom stereocenters. The van der Waals surface area contributed by atoms with E-state index in [1.807, 2.05) is 5.32 Å². The van der Waals surface area contributed by atoms with Crippen molar-refractivity contribution in [2.24, 2.45) is 0 Å². The second-order valence-corrected chi connectivity index (χ2v) is 6.13. The SMILES string of the molecule is Cc1ccc(NC(=O)Nc2cnn(-c3ccc([N+](=O)[O-])cc3)c2C(F)(F)F)cc1F. The van der Waals surface area contributed by atoms with E-state index in [1.165, 1.54) is 19.1 Å². The summed E-state index contributed by atoms with van der Waals surface area (Å²) in [6.45, 7) is 1.52. The van der Waals surface area contributed by atoms with E-state index in [0.717, 1.165) is 36.5 Å². The number of amides is 2. The second kappa shape index (κ2) is 7.81. The van der Waals surface area contributed by atoms with Gasteiger partial charge in [-0.3, -0.25) is 10.1 Å². The van der Waals surface area contributed by atoms with Crippen molar-refractivity contribution < 1.29 is 27.3 Å². The van der Waals surface area contributed by atoms with Gasteiger partial charge < -0.3 is 10.6 Å². The molecule has 0 aliphatic heterocycles. The zero-order chi connectivity index (χ0) is 22.1. The predicted molar refractivity (Wildman–Crippen MR) is 99.0 cm³/mol. The number of alkyl halides is 3. The minimum Gasteiger partial charge on any atom is -0.308 e. The summed E-state index contributed by atoms with van der Waals surface area (Å²) in [4.78, 5) is 22.1. The number of urea groups is 1. The van der Waals surface area contributed by atoms with Crippen LogP contribution in [0.5, 0.6) is 0 Å². The minimum atomic E-state index is -4.91. The van der Waals surface area contributed by atoms with Crippen LogP contribution in [0.4, 0.5) is 39.4 Å². The third kappa shape index (κ3) is 4.37. The fraction of sp³-hybridized carbons (Fsp3) is 0.111. The van der Waals surface area contributed by atoms with Crippen LogP contribution < -0.4 is 10.6 Å². The quantitative estimate of drug-likeness (QED) is 0.354. The van der Waals surface area contributed by atoms with Crippen LogP contribution in [0.2, 0.25) is 0 Å². The maximum absolute atomic E-state index is 13.6. The Morgan fingerprint density at radius 2 is 1.80 bits per heavy atom. The van der Waals surface area contributed by atoms with Gasteiger partial charge in [0.25, 0.3) is 5.69 Å². The number of halogens is 4. The number of carbonyl (C=O) groups is 1. The van der Waals surface area contributed by atoms with E-state index in [9.17, 15) is 32.5 Å². The minimum absolute atomic E-state index is 0.0481. The zero-order valence-electron chi connectivity index (χ0n) is 15.2. The van der Waals surface area contributed by atoms with E-state index < -0.39 is 34.3 Å². The Labute approximate surface area is 166 Å². The average molecular weight is 423 g/mol. The molecule has 2 aromatic carbocycles. The van der Waals surface area contributed by atoms with E-state index >= 15 is 0 Å². The molecular formula is C18H13F4N5O3. The van der Waals surface area contributed by atoms with E-state index in [0.29, 0.717) is 10.2 Å². The molecule has 0 spiro atoms. The summed E-state index contributed by atoms with van der Waals surface area (Å²) in [7, 11) is 0. The summed E-state index contributed by atoms with van der Waals surface area (Å²) in [5.74, 6) is -0.588. The van der Waals surface area contributed by atoms with Crippen LogP contribution in [0.25, 0.3) is 5.69 Å². The molecule has 3 aromatic rings. The Kier molecular flexibility index (Phi) is 5.41. The number of carbonyl (C=O) groups excluding carboxylic acids is 1. The highest BCUT2D eigenvalue weighted by molar-refractivity contribution is 6.00. The molecule has 12 heteroatoms. The number of nitrogens with zero attached hydrogens (tertiary/aromatic N) is 3. The first-order valence-corrected chi connectivity index (χ1v) is 8.30. The van der Waals surface area contributed by atoms with Gasteiger partial charge in [-0.15, -0.1) is 0 Å². The molecule has 0 bridgehead atoms. The van der Waals surface area contributed by atoms with Crippen LogP contribution >= 0.6 is 0 Å². The zero-order valence-corrected chi connectivity index (χ0v) is 15.2. The Balaban J connectivity index is 1.89. The predicted octanol–water partition coefficient (Wildman–Crippen LogP) is 4.89. The van der Waals surface area contributed by atoms with Crippen molar-refractivity contribution in [2.45, 2.75) is 13.1 Å². The number of rotatable bonds is 4. The maximum Gasteiger partial charge on any atom is 0.435 e. The van der Waals surface area contributed by atoms with Gasteiger partial charge in [-0.1, -0.05) is 6.07 Å².